The van der Waals surface area contributed by atoms with Crippen LogP contribution in [0.15, 0.2) is 17.8 Å². The van der Waals surface area contributed by atoms with E-state index in [0.717, 1.165) is 5.56 Å². The molecule has 2 aromatic rings. The summed E-state index contributed by atoms with van der Waals surface area (Å²) in [5.74, 6) is -0.714. The smallest absolute Gasteiger partial charge is 0.327 e. The topological polar surface area (TPSA) is 73.2 Å². The number of nitrogens with zero attached hydrogens (tertiary/aromatic N) is 2. The lowest BCUT2D eigenvalue weighted by atomic mass is 10.3. The molecule has 0 atom stereocenters. The second-order valence-electron chi connectivity index (χ2n) is 4.02. The zero-order valence-electron chi connectivity index (χ0n) is 10.8. The number of carbonyl (C=O) groups excluding carboxylic acids is 2. The van der Waals surface area contributed by atoms with Gasteiger partial charge in [-0.15, -0.1) is 11.3 Å². The van der Waals surface area contributed by atoms with E-state index in [-0.39, 0.29) is 12.5 Å². The molecule has 0 aliphatic rings. The van der Waals surface area contributed by atoms with Crippen molar-refractivity contribution in [2.45, 2.75) is 13.5 Å². The molecule has 0 aliphatic heterocycles. The molecule has 1 N–H and O–H groups in total. The maximum absolute atomic E-state index is 12.0. The minimum atomic E-state index is -0.414. The van der Waals surface area contributed by atoms with Gasteiger partial charge in [-0.1, -0.05) is 11.6 Å². The average molecular weight is 314 g/mol. The molecule has 0 radical (unpaired) electrons. The van der Waals surface area contributed by atoms with Crippen LogP contribution in [-0.4, -0.2) is 28.8 Å². The number of carbonyl (C=O) groups is 2. The molecule has 2 rings (SSSR count). The normalized spacial score (nSPS) is 10.3. The number of methoxy groups -OCH3 is 1. The predicted molar refractivity (Wildman–Crippen MR) is 76.3 cm³/mol. The summed E-state index contributed by atoms with van der Waals surface area (Å²) in [4.78, 5) is 23.6. The lowest BCUT2D eigenvalue weighted by molar-refractivity contribution is -0.141. The lowest BCUT2D eigenvalue weighted by Crippen LogP contribution is -2.12. The molecule has 106 valence electrons. The van der Waals surface area contributed by atoms with Gasteiger partial charge in [0.15, 0.2) is 0 Å². The van der Waals surface area contributed by atoms with Crippen LogP contribution in [0.5, 0.6) is 0 Å². The Labute approximate surface area is 124 Å². The van der Waals surface area contributed by atoms with Gasteiger partial charge < -0.3 is 10.1 Å². The summed E-state index contributed by atoms with van der Waals surface area (Å²) in [6, 6.07) is 0. The first-order valence-corrected chi connectivity index (χ1v) is 6.91. The van der Waals surface area contributed by atoms with Crippen molar-refractivity contribution in [1.82, 2.24) is 9.78 Å². The molecule has 0 unspecified atom stereocenters. The first-order chi connectivity index (χ1) is 9.51. The summed E-state index contributed by atoms with van der Waals surface area (Å²) >= 11 is 7.31. The zero-order valence-corrected chi connectivity index (χ0v) is 12.4. The fourth-order valence-electron chi connectivity index (χ4n) is 1.48. The maximum Gasteiger partial charge on any atom is 0.327 e. The van der Waals surface area contributed by atoms with Crippen molar-refractivity contribution >= 4 is 40.5 Å². The molecule has 1 amide bonds. The summed E-state index contributed by atoms with van der Waals surface area (Å²) < 4.78 is 5.91. The quantitative estimate of drug-likeness (QED) is 0.879. The molecule has 0 fully saturated rings. The summed E-state index contributed by atoms with van der Waals surface area (Å²) in [5.41, 5.74) is 1.35. The number of anilines is 1. The molecule has 0 saturated carbocycles. The molecule has 0 saturated heterocycles. The van der Waals surface area contributed by atoms with E-state index in [9.17, 15) is 9.59 Å². The number of amides is 1. The third kappa shape index (κ3) is 3.17. The van der Waals surface area contributed by atoms with Gasteiger partial charge in [0.25, 0.3) is 5.91 Å². The van der Waals surface area contributed by atoms with Crippen LogP contribution in [-0.2, 0) is 16.1 Å². The molecule has 6 nitrogen and oxygen atoms in total. The SMILES string of the molecule is COC(=O)Cn1cc(NC(=O)c2scc(C)c2Cl)cn1. The molecule has 0 aliphatic carbocycles. The van der Waals surface area contributed by atoms with Gasteiger partial charge in [0.1, 0.15) is 11.4 Å². The Bertz CT molecular complexity index is 650. The van der Waals surface area contributed by atoms with Gasteiger partial charge >= 0.3 is 5.97 Å². The Hall–Kier alpha value is -1.86. The van der Waals surface area contributed by atoms with Gasteiger partial charge in [-0.25, -0.2) is 0 Å². The van der Waals surface area contributed by atoms with E-state index >= 15 is 0 Å². The minimum Gasteiger partial charge on any atom is -0.468 e. The Morgan fingerprint density at radius 3 is 2.90 bits per heavy atom. The fourth-order valence-corrected chi connectivity index (χ4v) is 2.66. The van der Waals surface area contributed by atoms with Crippen LogP contribution in [0, 0.1) is 6.92 Å². The van der Waals surface area contributed by atoms with Crippen LogP contribution in [0.3, 0.4) is 0 Å². The molecule has 0 spiro atoms. The highest BCUT2D eigenvalue weighted by molar-refractivity contribution is 7.13. The van der Waals surface area contributed by atoms with E-state index in [2.05, 4.69) is 15.2 Å². The van der Waals surface area contributed by atoms with Crippen molar-refractivity contribution in [3.63, 3.8) is 0 Å². The van der Waals surface area contributed by atoms with Crippen molar-refractivity contribution in [3.8, 4) is 0 Å². The van der Waals surface area contributed by atoms with E-state index in [0.29, 0.717) is 15.6 Å². The van der Waals surface area contributed by atoms with E-state index < -0.39 is 5.97 Å². The Kier molecular flexibility index (Phi) is 4.41. The Morgan fingerprint density at radius 2 is 2.30 bits per heavy atom. The van der Waals surface area contributed by atoms with Crippen molar-refractivity contribution in [2.24, 2.45) is 0 Å². The van der Waals surface area contributed by atoms with Gasteiger partial charge in [0.05, 0.1) is 24.0 Å². The van der Waals surface area contributed by atoms with E-state index in [1.165, 1.54) is 29.3 Å². The second kappa shape index (κ2) is 6.06. The highest BCUT2D eigenvalue weighted by Gasteiger charge is 2.15. The summed E-state index contributed by atoms with van der Waals surface area (Å²) in [6.07, 6.45) is 3.00. The van der Waals surface area contributed by atoms with E-state index in [1.807, 2.05) is 12.3 Å². The number of thiophene rings is 1. The molecule has 2 aromatic heterocycles. The third-order valence-electron chi connectivity index (χ3n) is 2.52. The highest BCUT2D eigenvalue weighted by Crippen LogP contribution is 2.27. The Balaban J connectivity index is 2.05. The number of aryl methyl sites for hydroxylation is 1. The summed E-state index contributed by atoms with van der Waals surface area (Å²) in [7, 11) is 1.30. The third-order valence-corrected chi connectivity index (χ3v) is 4.21. The number of rotatable bonds is 4. The number of halogens is 1. The minimum absolute atomic E-state index is 0.00869. The molecule has 2 heterocycles. The standard InChI is InChI=1S/C12H12ClN3O3S/c1-7-6-20-11(10(7)13)12(18)15-8-3-14-16(4-8)5-9(17)19-2/h3-4,6H,5H2,1-2H3,(H,15,18). The van der Waals surface area contributed by atoms with Gasteiger partial charge in [-0.3, -0.25) is 14.3 Å². The van der Waals surface area contributed by atoms with Crippen LogP contribution in [0.2, 0.25) is 5.02 Å². The largest absolute Gasteiger partial charge is 0.468 e. The summed E-state index contributed by atoms with van der Waals surface area (Å²) in [5, 5.41) is 8.90. The van der Waals surface area contributed by atoms with Crippen LogP contribution < -0.4 is 5.32 Å². The van der Waals surface area contributed by atoms with Crippen molar-refractivity contribution in [3.05, 3.63) is 33.2 Å². The monoisotopic (exact) mass is 313 g/mol. The first kappa shape index (κ1) is 14.5. The fraction of sp³-hybridized carbons (Fsp3) is 0.250. The predicted octanol–water partition coefficient (Wildman–Crippen LogP) is 2.33. The second-order valence-corrected chi connectivity index (χ2v) is 5.28. The van der Waals surface area contributed by atoms with Gasteiger partial charge in [-0.2, -0.15) is 5.10 Å². The molecular formula is C12H12ClN3O3S. The van der Waals surface area contributed by atoms with Crippen molar-refractivity contribution in [2.75, 3.05) is 12.4 Å². The molecule has 8 heteroatoms. The highest BCUT2D eigenvalue weighted by atomic mass is 35.5. The van der Waals surface area contributed by atoms with Crippen molar-refractivity contribution in [1.29, 1.82) is 0 Å². The lowest BCUT2D eigenvalue weighted by Gasteiger charge is -2.01. The number of nitrogens with one attached hydrogen (secondary N) is 1. The van der Waals surface area contributed by atoms with Crippen molar-refractivity contribution < 1.29 is 14.3 Å². The molecule has 20 heavy (non-hydrogen) atoms. The number of hydrogen-bond donors (Lipinski definition) is 1. The first-order valence-electron chi connectivity index (χ1n) is 5.65. The summed E-state index contributed by atoms with van der Waals surface area (Å²) in [6.45, 7) is 1.83. The van der Waals surface area contributed by atoms with E-state index in [4.69, 9.17) is 11.6 Å². The van der Waals surface area contributed by atoms with Crippen LogP contribution in [0.1, 0.15) is 15.2 Å². The van der Waals surface area contributed by atoms with Crippen LogP contribution >= 0.6 is 22.9 Å². The number of aromatic nitrogens is 2. The van der Waals surface area contributed by atoms with Crippen LogP contribution in [0.4, 0.5) is 5.69 Å². The average Bonchev–Trinajstić information content (AvgIpc) is 2.98. The Morgan fingerprint density at radius 1 is 1.55 bits per heavy atom. The van der Waals surface area contributed by atoms with Gasteiger partial charge in [-0.05, 0) is 17.9 Å². The molecular weight excluding hydrogens is 302 g/mol. The van der Waals surface area contributed by atoms with E-state index in [1.54, 1.807) is 6.20 Å². The number of hydrogen-bond acceptors (Lipinski definition) is 5. The molecule has 0 aromatic carbocycles. The van der Waals surface area contributed by atoms with Crippen LogP contribution in [0.25, 0.3) is 0 Å². The van der Waals surface area contributed by atoms with Gasteiger partial charge in [0, 0.05) is 6.20 Å². The van der Waals surface area contributed by atoms with Gasteiger partial charge in [0.2, 0.25) is 0 Å². The zero-order chi connectivity index (χ0) is 14.7. The number of esters is 1. The maximum atomic E-state index is 12.0. The molecule has 0 bridgehead atoms. The number of ether oxygens (including phenoxy) is 1.